The summed E-state index contributed by atoms with van der Waals surface area (Å²) in [5, 5.41) is 1.16. The molecule has 0 spiro atoms. The average molecular weight is 352 g/mol. The molecule has 23 heavy (non-hydrogen) atoms. The van der Waals surface area contributed by atoms with E-state index in [0.717, 1.165) is 0 Å². The first-order chi connectivity index (χ1) is 11.0. The lowest BCUT2D eigenvalue weighted by molar-refractivity contribution is -0.142. The van der Waals surface area contributed by atoms with Crippen molar-refractivity contribution in [2.75, 3.05) is 6.61 Å². The number of hydrogen-bond donors (Lipinski definition) is 0. The molecule has 2 heterocycles. The lowest BCUT2D eigenvalue weighted by Crippen LogP contribution is -2.10. The number of hydrogen-bond acceptors (Lipinski definition) is 5. The fraction of sp³-hybridized carbons (Fsp3) is 0.188. The summed E-state index contributed by atoms with van der Waals surface area (Å²) < 4.78 is 10.5. The summed E-state index contributed by atoms with van der Waals surface area (Å²) in [7, 11) is 0. The third kappa shape index (κ3) is 3.02. The molecule has 0 bridgehead atoms. The molecule has 0 aliphatic carbocycles. The van der Waals surface area contributed by atoms with E-state index in [-0.39, 0.29) is 33.6 Å². The van der Waals surface area contributed by atoms with Crippen LogP contribution in [0.1, 0.15) is 12.6 Å². The molecule has 5 nitrogen and oxygen atoms in total. The number of ether oxygens (including phenoxy) is 1. The molecule has 7 heteroatoms. The van der Waals surface area contributed by atoms with Gasteiger partial charge in [-0.05, 0) is 31.2 Å². The topological polar surface area (TPSA) is 69.4 Å². The second kappa shape index (κ2) is 6.18. The van der Waals surface area contributed by atoms with Gasteiger partial charge in [-0.1, -0.05) is 23.2 Å². The molecule has 0 amide bonds. The molecule has 0 fully saturated rings. The third-order valence-electron chi connectivity index (χ3n) is 3.25. The number of halogens is 2. The lowest BCUT2D eigenvalue weighted by Gasteiger charge is -2.05. The van der Waals surface area contributed by atoms with Crippen LogP contribution in [0.25, 0.3) is 22.1 Å². The van der Waals surface area contributed by atoms with E-state index < -0.39 is 5.97 Å². The maximum absolute atomic E-state index is 12.5. The highest BCUT2D eigenvalue weighted by Gasteiger charge is 2.14. The minimum absolute atomic E-state index is 0.000121. The Hall–Kier alpha value is -2.11. The van der Waals surface area contributed by atoms with E-state index in [9.17, 15) is 9.59 Å². The normalized spacial score (nSPS) is 11.1. The number of aromatic nitrogens is 1. The van der Waals surface area contributed by atoms with Crippen LogP contribution in [0.5, 0.6) is 0 Å². The van der Waals surface area contributed by atoms with Crippen LogP contribution in [0.4, 0.5) is 0 Å². The second-order valence-electron chi connectivity index (χ2n) is 4.83. The SMILES string of the molecule is CCOC(=O)Cc1ccc2c(=O)c3cc(Cl)cc(Cl)c3oc2n1. The first-order valence-electron chi connectivity index (χ1n) is 6.86. The van der Waals surface area contributed by atoms with Crippen LogP contribution in [0.15, 0.2) is 33.5 Å². The molecule has 2 aromatic heterocycles. The van der Waals surface area contributed by atoms with Gasteiger partial charge in [0.1, 0.15) is 0 Å². The standard InChI is InChI=1S/C16H11Cl2NO4/c1-2-22-13(20)7-9-3-4-10-14(21)11-5-8(17)6-12(18)15(11)23-16(10)19-9/h3-6H,2,7H2,1H3. The van der Waals surface area contributed by atoms with Crippen molar-refractivity contribution in [3.8, 4) is 0 Å². The van der Waals surface area contributed by atoms with Crippen molar-refractivity contribution in [1.82, 2.24) is 4.98 Å². The zero-order valence-corrected chi connectivity index (χ0v) is 13.6. The molecule has 0 aliphatic heterocycles. The largest absolute Gasteiger partial charge is 0.466 e. The molecule has 0 N–H and O–H groups in total. The highest BCUT2D eigenvalue weighted by Crippen LogP contribution is 2.28. The summed E-state index contributed by atoms with van der Waals surface area (Å²) >= 11 is 12.0. The molecule has 0 saturated heterocycles. The quantitative estimate of drug-likeness (QED) is 0.530. The minimum atomic E-state index is -0.396. The minimum Gasteiger partial charge on any atom is -0.466 e. The van der Waals surface area contributed by atoms with E-state index in [4.69, 9.17) is 32.4 Å². The Morgan fingerprint density at radius 2 is 2.04 bits per heavy atom. The summed E-state index contributed by atoms with van der Waals surface area (Å²) in [6, 6.07) is 6.15. The van der Waals surface area contributed by atoms with Gasteiger partial charge in [-0.2, -0.15) is 0 Å². The van der Waals surface area contributed by atoms with Crippen molar-refractivity contribution in [2.45, 2.75) is 13.3 Å². The molecule has 0 aliphatic rings. The van der Waals surface area contributed by atoms with E-state index in [1.807, 2.05) is 0 Å². The molecular formula is C16H11Cl2NO4. The Balaban J connectivity index is 2.18. The first-order valence-corrected chi connectivity index (χ1v) is 7.62. The molecule has 0 saturated carbocycles. The van der Waals surface area contributed by atoms with Crippen LogP contribution in [0, 0.1) is 0 Å². The zero-order valence-electron chi connectivity index (χ0n) is 12.1. The molecular weight excluding hydrogens is 341 g/mol. The Morgan fingerprint density at radius 3 is 2.78 bits per heavy atom. The monoisotopic (exact) mass is 351 g/mol. The van der Waals surface area contributed by atoms with Gasteiger partial charge in [0, 0.05) is 5.02 Å². The molecule has 3 rings (SSSR count). The summed E-state index contributed by atoms with van der Waals surface area (Å²) in [6.07, 6.45) is -0.000121. The number of carbonyl (C=O) groups excluding carboxylic acids is 1. The Labute approximate surface area is 140 Å². The maximum Gasteiger partial charge on any atom is 0.311 e. The number of pyridine rings is 1. The number of benzene rings is 1. The van der Waals surface area contributed by atoms with Crippen molar-refractivity contribution < 1.29 is 13.9 Å². The van der Waals surface area contributed by atoms with E-state index in [0.29, 0.717) is 22.7 Å². The van der Waals surface area contributed by atoms with Gasteiger partial charge in [-0.25, -0.2) is 4.98 Å². The molecule has 118 valence electrons. The van der Waals surface area contributed by atoms with Gasteiger partial charge in [0.15, 0.2) is 5.58 Å². The van der Waals surface area contributed by atoms with Crippen molar-refractivity contribution in [3.63, 3.8) is 0 Å². The zero-order chi connectivity index (χ0) is 16.6. The molecule has 1 aromatic carbocycles. The van der Waals surface area contributed by atoms with Crippen LogP contribution in [0.3, 0.4) is 0 Å². The van der Waals surface area contributed by atoms with Gasteiger partial charge in [0.05, 0.1) is 34.5 Å². The molecule has 0 unspecified atom stereocenters. The van der Waals surface area contributed by atoms with E-state index in [1.54, 1.807) is 19.1 Å². The van der Waals surface area contributed by atoms with Gasteiger partial charge < -0.3 is 9.15 Å². The van der Waals surface area contributed by atoms with Gasteiger partial charge in [-0.15, -0.1) is 0 Å². The number of esters is 1. The van der Waals surface area contributed by atoms with Crippen molar-refractivity contribution in [2.24, 2.45) is 0 Å². The summed E-state index contributed by atoms with van der Waals surface area (Å²) in [6.45, 7) is 2.02. The number of rotatable bonds is 3. The first kappa shape index (κ1) is 15.8. The Kier molecular flexibility index (Phi) is 4.24. The van der Waals surface area contributed by atoms with Gasteiger partial charge in [0.25, 0.3) is 0 Å². The smallest absolute Gasteiger partial charge is 0.311 e. The Bertz CT molecular complexity index is 981. The molecule has 3 aromatic rings. The number of carbonyl (C=O) groups is 1. The average Bonchev–Trinajstić information content (AvgIpc) is 2.49. The van der Waals surface area contributed by atoms with E-state index in [2.05, 4.69) is 4.98 Å². The predicted octanol–water partition coefficient (Wildman–Crippen LogP) is 3.75. The summed E-state index contributed by atoms with van der Waals surface area (Å²) in [4.78, 5) is 28.3. The Morgan fingerprint density at radius 1 is 1.26 bits per heavy atom. The van der Waals surface area contributed by atoms with E-state index in [1.165, 1.54) is 12.1 Å². The van der Waals surface area contributed by atoms with Crippen molar-refractivity contribution >= 4 is 51.2 Å². The van der Waals surface area contributed by atoms with Crippen LogP contribution in [-0.2, 0) is 16.0 Å². The van der Waals surface area contributed by atoms with Crippen LogP contribution >= 0.6 is 23.2 Å². The summed E-state index contributed by atoms with van der Waals surface area (Å²) in [5.74, 6) is -0.396. The number of nitrogens with zero attached hydrogens (tertiary/aromatic N) is 1. The number of fused-ring (bicyclic) bond motifs is 2. The predicted molar refractivity (Wildman–Crippen MR) is 88.1 cm³/mol. The van der Waals surface area contributed by atoms with Crippen LogP contribution in [0.2, 0.25) is 10.0 Å². The van der Waals surface area contributed by atoms with Gasteiger partial charge >= 0.3 is 5.97 Å². The van der Waals surface area contributed by atoms with E-state index >= 15 is 0 Å². The fourth-order valence-electron chi connectivity index (χ4n) is 2.26. The van der Waals surface area contributed by atoms with Gasteiger partial charge in [-0.3, -0.25) is 9.59 Å². The van der Waals surface area contributed by atoms with Crippen molar-refractivity contribution in [1.29, 1.82) is 0 Å². The highest BCUT2D eigenvalue weighted by atomic mass is 35.5. The van der Waals surface area contributed by atoms with Crippen LogP contribution < -0.4 is 5.43 Å². The van der Waals surface area contributed by atoms with Crippen molar-refractivity contribution in [3.05, 3.63) is 50.2 Å². The lowest BCUT2D eigenvalue weighted by atomic mass is 10.1. The van der Waals surface area contributed by atoms with Gasteiger partial charge in [0.2, 0.25) is 11.1 Å². The third-order valence-corrected chi connectivity index (χ3v) is 3.74. The molecule has 0 radical (unpaired) electrons. The molecule has 0 atom stereocenters. The highest BCUT2D eigenvalue weighted by molar-refractivity contribution is 6.38. The van der Waals surface area contributed by atoms with Crippen LogP contribution in [-0.4, -0.2) is 17.6 Å². The second-order valence-corrected chi connectivity index (χ2v) is 5.68. The maximum atomic E-state index is 12.5. The fourth-order valence-corrected chi connectivity index (χ4v) is 2.79. The summed E-state index contributed by atoms with van der Waals surface area (Å²) in [5.41, 5.74) is 0.507.